The molecule has 12 aliphatic carbocycles. The highest BCUT2D eigenvalue weighted by molar-refractivity contribution is 8.18. The van der Waals surface area contributed by atoms with Gasteiger partial charge >= 0.3 is 33.3 Å². The summed E-state index contributed by atoms with van der Waals surface area (Å²) in [5.41, 5.74) is -4.73. The summed E-state index contributed by atoms with van der Waals surface area (Å²) in [6.45, 7) is -1.59. The monoisotopic (exact) mass is 844 g/mol. The Kier molecular flexibility index (Phi) is 8.66. The van der Waals surface area contributed by atoms with E-state index in [1.807, 2.05) is 0 Å². The van der Waals surface area contributed by atoms with Gasteiger partial charge in [0.25, 0.3) is 0 Å². The molecular weight excluding hydrogens is 791 g/mol. The first-order valence-electron chi connectivity index (χ1n) is 20.8. The number of esters is 3. The largest absolute Gasteiger partial charge is 0.464 e. The molecule has 56 heavy (non-hydrogen) atoms. The molecule has 16 heteroatoms. The predicted molar refractivity (Wildman–Crippen MR) is 200 cm³/mol. The van der Waals surface area contributed by atoms with Crippen molar-refractivity contribution in [3.8, 4) is 0 Å². The van der Waals surface area contributed by atoms with Gasteiger partial charge in [0.1, 0.15) is 13.2 Å². The Morgan fingerprint density at radius 2 is 1.02 bits per heavy atom. The minimum absolute atomic E-state index is 0.0574. The maximum atomic E-state index is 14.2. The number of aliphatic hydroxyl groups is 2. The third kappa shape index (κ3) is 6.07. The van der Waals surface area contributed by atoms with Crippen LogP contribution in [0.15, 0.2) is 0 Å². The van der Waals surface area contributed by atoms with Gasteiger partial charge in [-0.25, -0.2) is 0 Å². The summed E-state index contributed by atoms with van der Waals surface area (Å²) in [6.07, 6.45) is 11.9. The van der Waals surface area contributed by atoms with Gasteiger partial charge in [-0.1, -0.05) is 0 Å². The summed E-state index contributed by atoms with van der Waals surface area (Å²) in [7, 11) is -5.74. The Bertz CT molecular complexity index is 1700. The van der Waals surface area contributed by atoms with Crippen molar-refractivity contribution in [3.05, 3.63) is 0 Å². The van der Waals surface area contributed by atoms with Crippen molar-refractivity contribution in [1.29, 1.82) is 0 Å². The Labute approximate surface area is 335 Å². The lowest BCUT2D eigenvalue weighted by Crippen LogP contribution is -2.63. The summed E-state index contributed by atoms with van der Waals surface area (Å²) in [6, 6.07) is 0. The van der Waals surface area contributed by atoms with Crippen molar-refractivity contribution in [1.82, 2.24) is 0 Å². The number of rotatable bonds is 10. The number of carbonyl (C=O) groups excluding carboxylic acids is 3. The van der Waals surface area contributed by atoms with Crippen LogP contribution in [-0.2, 0) is 38.7 Å². The molecule has 0 radical (unpaired) electrons. The van der Waals surface area contributed by atoms with E-state index in [1.165, 1.54) is 0 Å². The lowest BCUT2D eigenvalue weighted by atomic mass is 9.48. The van der Waals surface area contributed by atoms with Gasteiger partial charge in [-0.2, -0.15) is 17.2 Å². The van der Waals surface area contributed by atoms with Crippen LogP contribution in [0.1, 0.15) is 109 Å². The highest BCUT2D eigenvalue weighted by Gasteiger charge is 2.68. The fourth-order valence-electron chi connectivity index (χ4n) is 15.5. The fraction of sp³-hybridized carbons (Fsp3) is 0.925. The molecule has 1 aliphatic heterocycles. The van der Waals surface area contributed by atoms with Gasteiger partial charge in [0.05, 0.1) is 36.9 Å². The number of carbonyl (C=O) groups is 3. The lowest BCUT2D eigenvalue weighted by molar-refractivity contribution is -0.202. The van der Waals surface area contributed by atoms with Gasteiger partial charge in [0.2, 0.25) is 0 Å². The van der Waals surface area contributed by atoms with Crippen LogP contribution in [0.2, 0.25) is 0 Å². The van der Waals surface area contributed by atoms with Gasteiger partial charge < -0.3 is 24.4 Å². The number of thioether (sulfide) groups is 2. The van der Waals surface area contributed by atoms with Gasteiger partial charge in [0.15, 0.2) is 6.61 Å². The average Bonchev–Trinajstić information content (AvgIpc) is 3.08. The minimum Gasteiger partial charge on any atom is -0.464 e. The van der Waals surface area contributed by atoms with Crippen LogP contribution in [0.5, 0.6) is 0 Å². The first kappa shape index (κ1) is 39.0. The van der Waals surface area contributed by atoms with Crippen molar-refractivity contribution in [2.45, 2.75) is 130 Å². The maximum Gasteiger partial charge on any atom is 0.402 e. The molecule has 6 atom stereocenters. The molecule has 13 rings (SSSR count). The SMILES string of the molecule is O=C(OCC(F)(F)S(=O)(=O)O)C12CC3CC(C1)C1(SCC(COC(=O)C45CC6CC(CC(O)(C6)C4)C5)(COC(=O)C45CC6CC(CC(O)(C6)C4)C5)CS1)C(C3)C2. The van der Waals surface area contributed by atoms with E-state index in [1.54, 1.807) is 23.5 Å². The minimum atomic E-state index is -5.74. The third-order valence-electron chi connectivity index (χ3n) is 16.7. The third-order valence-corrected chi connectivity index (χ3v) is 22.0. The van der Waals surface area contributed by atoms with Crippen LogP contribution < -0.4 is 0 Å². The van der Waals surface area contributed by atoms with Gasteiger partial charge in [-0.3, -0.25) is 18.9 Å². The van der Waals surface area contributed by atoms with Crippen molar-refractivity contribution < 1.29 is 60.6 Å². The molecule has 12 bridgehead atoms. The zero-order chi connectivity index (χ0) is 39.4. The molecule has 0 aromatic heterocycles. The van der Waals surface area contributed by atoms with Gasteiger partial charge in [-0.05, 0) is 151 Å². The topological polar surface area (TPSA) is 174 Å². The van der Waals surface area contributed by atoms with Crippen molar-refractivity contribution in [3.63, 3.8) is 0 Å². The van der Waals surface area contributed by atoms with E-state index in [0.29, 0.717) is 67.3 Å². The second-order valence-electron chi connectivity index (χ2n) is 21.2. The number of hydrogen-bond donors (Lipinski definition) is 3. The fourth-order valence-corrected chi connectivity index (χ4v) is 19.8. The van der Waals surface area contributed by atoms with E-state index in [-0.39, 0.29) is 47.0 Å². The number of hydrogen-bond acceptors (Lipinski definition) is 12. The average molecular weight is 845 g/mol. The van der Waals surface area contributed by atoms with E-state index in [4.69, 9.17) is 18.8 Å². The number of ether oxygens (including phenoxy) is 3. The van der Waals surface area contributed by atoms with Crippen molar-refractivity contribution in [2.24, 2.45) is 63.1 Å². The number of halogens is 2. The molecule has 1 saturated heterocycles. The van der Waals surface area contributed by atoms with E-state index in [9.17, 15) is 41.8 Å². The normalized spacial score (nSPS) is 50.7. The summed E-state index contributed by atoms with van der Waals surface area (Å²) in [5.74, 6) is 1.31. The molecule has 1 spiro atoms. The zero-order valence-corrected chi connectivity index (χ0v) is 34.1. The van der Waals surface area contributed by atoms with Crippen LogP contribution in [0.4, 0.5) is 8.78 Å². The van der Waals surface area contributed by atoms with Crippen LogP contribution in [0.3, 0.4) is 0 Å². The molecule has 12 saturated carbocycles. The molecule has 13 fully saturated rings. The van der Waals surface area contributed by atoms with Gasteiger partial charge in [-0.15, -0.1) is 23.5 Å². The van der Waals surface area contributed by atoms with E-state index >= 15 is 0 Å². The standard InChI is InChI=1S/C40H54F2O11S3/c41-39(42,56(48,49)50)20-53-30(43)34-5-23-3-28(14-34)40(29(4-23)15-34)54-21-33(22-55-40,18-51-31(44)35-6-24-1-25(7-35)11-37(46,10-24)16-35)19-52-32(45)36-8-26-2-27(9-36)13-38(47,12-26)17-36/h23-29,46-47H,1-22H2,(H,48,49,50). The van der Waals surface area contributed by atoms with Crippen LogP contribution >= 0.6 is 23.5 Å². The zero-order valence-electron chi connectivity index (χ0n) is 31.7. The first-order valence-corrected chi connectivity index (χ1v) is 24.2. The maximum absolute atomic E-state index is 14.2. The quantitative estimate of drug-likeness (QED) is 0.138. The molecule has 312 valence electrons. The van der Waals surface area contributed by atoms with Crippen molar-refractivity contribution in [2.75, 3.05) is 31.3 Å². The van der Waals surface area contributed by atoms with E-state index < -0.39 is 60.8 Å². The summed E-state index contributed by atoms with van der Waals surface area (Å²) < 4.78 is 76.7. The molecule has 0 aromatic carbocycles. The van der Waals surface area contributed by atoms with Gasteiger partial charge in [0, 0.05) is 11.5 Å². The van der Waals surface area contributed by atoms with E-state index in [0.717, 1.165) is 77.0 Å². The number of alkyl halides is 2. The second kappa shape index (κ2) is 12.4. The van der Waals surface area contributed by atoms with Crippen LogP contribution in [0.25, 0.3) is 0 Å². The smallest absolute Gasteiger partial charge is 0.402 e. The highest BCUT2D eigenvalue weighted by Crippen LogP contribution is 2.73. The highest BCUT2D eigenvalue weighted by atomic mass is 32.2. The van der Waals surface area contributed by atoms with Crippen LogP contribution in [-0.4, -0.2) is 93.0 Å². The first-order chi connectivity index (χ1) is 26.2. The van der Waals surface area contributed by atoms with E-state index in [2.05, 4.69) is 0 Å². The molecule has 0 amide bonds. The molecule has 11 nitrogen and oxygen atoms in total. The predicted octanol–water partition coefficient (Wildman–Crippen LogP) is 5.75. The summed E-state index contributed by atoms with van der Waals surface area (Å²) in [4.78, 5) is 41.8. The Balaban J connectivity index is 0.863. The van der Waals surface area contributed by atoms with Crippen LogP contribution in [0, 0.1) is 63.1 Å². The molecular formula is C40H54F2O11S3. The molecule has 0 aromatic rings. The Morgan fingerprint density at radius 3 is 1.43 bits per heavy atom. The second-order valence-corrected chi connectivity index (χ2v) is 25.5. The Morgan fingerprint density at radius 1 is 0.607 bits per heavy atom. The Hall–Kier alpha value is -1.20. The molecule has 6 unspecified atom stereocenters. The lowest BCUT2D eigenvalue weighted by Gasteiger charge is -2.65. The molecule has 13 aliphatic rings. The summed E-state index contributed by atoms with van der Waals surface area (Å²) >= 11 is 3.55. The molecule has 3 N–H and O–H groups in total. The summed E-state index contributed by atoms with van der Waals surface area (Å²) in [5, 5.41) is 18.1. The van der Waals surface area contributed by atoms with Crippen molar-refractivity contribution >= 4 is 51.5 Å². The molecule has 1 heterocycles.